The van der Waals surface area contributed by atoms with Gasteiger partial charge < -0.3 is 10.2 Å². The summed E-state index contributed by atoms with van der Waals surface area (Å²) in [6.45, 7) is 0. The minimum absolute atomic E-state index is 0.0593. The summed E-state index contributed by atoms with van der Waals surface area (Å²) in [5, 5.41) is 13.1. The molecule has 1 saturated carbocycles. The molecule has 0 aromatic heterocycles. The topological polar surface area (TPSA) is 56.1 Å². The number of benzene rings is 1. The lowest BCUT2D eigenvalue weighted by Crippen LogP contribution is -2.39. The summed E-state index contributed by atoms with van der Waals surface area (Å²) < 4.78 is 0. The van der Waals surface area contributed by atoms with Crippen LogP contribution in [-0.4, -0.2) is 23.9 Å². The number of amides is 1. The molecule has 0 unspecified atom stereocenters. The van der Waals surface area contributed by atoms with Crippen LogP contribution in [0.3, 0.4) is 0 Å². The zero-order chi connectivity index (χ0) is 16.8. The molecule has 1 fully saturated rings. The Morgan fingerprint density at radius 1 is 1.35 bits per heavy atom. The fraction of sp³-hybridized carbons (Fsp3) is 0.412. The largest absolute Gasteiger partial charge is 0.359 e. The van der Waals surface area contributed by atoms with Gasteiger partial charge in [0.15, 0.2) is 0 Å². The molecule has 0 aliphatic heterocycles. The highest BCUT2D eigenvalue weighted by atomic mass is 35.5. The van der Waals surface area contributed by atoms with Crippen molar-refractivity contribution in [1.82, 2.24) is 4.90 Å². The molecular formula is C17H19Cl2N3O. The lowest BCUT2D eigenvalue weighted by molar-refractivity contribution is -0.128. The molecule has 0 saturated heterocycles. The van der Waals surface area contributed by atoms with Crippen LogP contribution in [0.2, 0.25) is 10.0 Å². The maximum Gasteiger partial charge on any atom is 0.266 e. The van der Waals surface area contributed by atoms with E-state index in [-0.39, 0.29) is 17.5 Å². The van der Waals surface area contributed by atoms with Gasteiger partial charge in [-0.3, -0.25) is 4.79 Å². The van der Waals surface area contributed by atoms with E-state index in [2.05, 4.69) is 5.32 Å². The molecule has 1 aromatic carbocycles. The van der Waals surface area contributed by atoms with Crippen molar-refractivity contribution in [2.45, 2.75) is 38.1 Å². The van der Waals surface area contributed by atoms with Gasteiger partial charge >= 0.3 is 0 Å². The molecule has 1 aliphatic carbocycles. The highest BCUT2D eigenvalue weighted by Crippen LogP contribution is 2.26. The maximum absolute atomic E-state index is 12.5. The summed E-state index contributed by atoms with van der Waals surface area (Å²) in [6, 6.07) is 7.16. The van der Waals surface area contributed by atoms with E-state index >= 15 is 0 Å². The number of nitrogens with zero attached hydrogens (tertiary/aromatic N) is 2. The fourth-order valence-electron chi connectivity index (χ4n) is 2.72. The quantitative estimate of drug-likeness (QED) is 0.636. The monoisotopic (exact) mass is 351 g/mol. The first-order valence-corrected chi connectivity index (χ1v) is 8.37. The van der Waals surface area contributed by atoms with Crippen molar-refractivity contribution in [1.29, 1.82) is 5.26 Å². The van der Waals surface area contributed by atoms with Gasteiger partial charge in [-0.2, -0.15) is 5.26 Å². The van der Waals surface area contributed by atoms with E-state index in [1.807, 2.05) is 6.07 Å². The Morgan fingerprint density at radius 2 is 2.04 bits per heavy atom. The molecule has 122 valence electrons. The predicted molar refractivity (Wildman–Crippen MR) is 93.4 cm³/mol. The van der Waals surface area contributed by atoms with Crippen LogP contribution in [0.25, 0.3) is 0 Å². The first-order chi connectivity index (χ1) is 11.0. The van der Waals surface area contributed by atoms with Gasteiger partial charge in [-0.25, -0.2) is 0 Å². The highest BCUT2D eigenvalue weighted by Gasteiger charge is 2.24. The molecular weight excluding hydrogens is 333 g/mol. The maximum atomic E-state index is 12.5. The molecule has 1 aliphatic rings. The minimum Gasteiger partial charge on any atom is -0.359 e. The van der Waals surface area contributed by atoms with Crippen LogP contribution in [0.15, 0.2) is 30.0 Å². The Labute approximate surface area is 146 Å². The van der Waals surface area contributed by atoms with Crippen molar-refractivity contribution in [3.63, 3.8) is 0 Å². The van der Waals surface area contributed by atoms with Crippen molar-refractivity contribution in [3.8, 4) is 6.07 Å². The number of rotatable bonds is 4. The second-order valence-corrected chi connectivity index (χ2v) is 6.49. The van der Waals surface area contributed by atoms with Gasteiger partial charge in [0, 0.05) is 24.3 Å². The van der Waals surface area contributed by atoms with Gasteiger partial charge in [0.1, 0.15) is 11.6 Å². The Bertz CT molecular complexity index is 646. The molecule has 23 heavy (non-hydrogen) atoms. The Balaban J connectivity index is 2.08. The molecule has 1 aromatic rings. The van der Waals surface area contributed by atoms with Gasteiger partial charge in [-0.1, -0.05) is 42.5 Å². The predicted octanol–water partition coefficient (Wildman–Crippen LogP) is 4.60. The van der Waals surface area contributed by atoms with Gasteiger partial charge in [0.2, 0.25) is 0 Å². The Hall–Kier alpha value is -1.70. The van der Waals surface area contributed by atoms with E-state index in [0.29, 0.717) is 15.7 Å². The third-order valence-corrected chi connectivity index (χ3v) is 4.64. The second-order valence-electron chi connectivity index (χ2n) is 5.65. The van der Waals surface area contributed by atoms with E-state index < -0.39 is 0 Å². The minimum atomic E-state index is -0.267. The fourth-order valence-corrected chi connectivity index (χ4v) is 3.19. The van der Waals surface area contributed by atoms with Crippen molar-refractivity contribution in [2.75, 3.05) is 12.4 Å². The number of hydrogen-bond donors (Lipinski definition) is 1. The van der Waals surface area contributed by atoms with E-state index in [0.717, 1.165) is 25.7 Å². The van der Waals surface area contributed by atoms with Crippen LogP contribution in [0.5, 0.6) is 0 Å². The summed E-state index contributed by atoms with van der Waals surface area (Å²) in [4.78, 5) is 14.2. The number of carbonyl (C=O) groups excluding carboxylic acids is 1. The summed E-state index contributed by atoms with van der Waals surface area (Å²) in [5.41, 5.74) is 0.654. The van der Waals surface area contributed by atoms with Crippen LogP contribution >= 0.6 is 23.2 Å². The van der Waals surface area contributed by atoms with Crippen molar-refractivity contribution in [2.24, 2.45) is 0 Å². The summed E-state index contributed by atoms with van der Waals surface area (Å²) in [5.74, 6) is -0.267. The van der Waals surface area contributed by atoms with E-state index in [1.165, 1.54) is 12.6 Å². The van der Waals surface area contributed by atoms with E-state index in [1.54, 1.807) is 30.1 Å². The molecule has 2 rings (SSSR count). The number of carbonyl (C=O) groups is 1. The highest BCUT2D eigenvalue weighted by molar-refractivity contribution is 6.36. The summed E-state index contributed by atoms with van der Waals surface area (Å²) >= 11 is 11.9. The number of nitriles is 1. The number of nitrogens with one attached hydrogen (secondary N) is 1. The number of halogens is 2. The third-order valence-electron chi connectivity index (χ3n) is 4.10. The Kier molecular flexibility index (Phi) is 6.32. The average Bonchev–Trinajstić information content (AvgIpc) is 2.57. The molecule has 6 heteroatoms. The third kappa shape index (κ3) is 4.63. The van der Waals surface area contributed by atoms with Crippen molar-refractivity contribution >= 4 is 34.8 Å². The van der Waals surface area contributed by atoms with Crippen LogP contribution in [-0.2, 0) is 4.79 Å². The van der Waals surface area contributed by atoms with Crippen LogP contribution in [0, 0.1) is 11.3 Å². The second kappa shape index (κ2) is 8.24. The number of hydrogen-bond acceptors (Lipinski definition) is 3. The molecule has 0 bridgehead atoms. The average molecular weight is 352 g/mol. The van der Waals surface area contributed by atoms with Crippen LogP contribution < -0.4 is 5.32 Å². The van der Waals surface area contributed by atoms with E-state index in [4.69, 9.17) is 23.2 Å². The number of likely N-dealkylation sites (N-methyl/N-ethyl adjacent to an activating group) is 1. The zero-order valence-electron chi connectivity index (χ0n) is 13.0. The normalized spacial score (nSPS) is 15.8. The first-order valence-electron chi connectivity index (χ1n) is 7.62. The van der Waals surface area contributed by atoms with E-state index in [9.17, 15) is 10.1 Å². The van der Waals surface area contributed by atoms with Crippen LogP contribution in [0.4, 0.5) is 5.69 Å². The Morgan fingerprint density at radius 3 is 2.65 bits per heavy atom. The van der Waals surface area contributed by atoms with Gasteiger partial charge in [-0.15, -0.1) is 0 Å². The number of anilines is 1. The van der Waals surface area contributed by atoms with Gasteiger partial charge in [0.05, 0.1) is 10.7 Å². The smallest absolute Gasteiger partial charge is 0.266 e. The SMILES string of the molecule is CN(C(=O)/C(C#N)=C\Nc1ccc(Cl)cc1Cl)C1CCCCC1. The van der Waals surface area contributed by atoms with Gasteiger partial charge in [-0.05, 0) is 31.0 Å². The lowest BCUT2D eigenvalue weighted by Gasteiger charge is -2.31. The molecule has 0 spiro atoms. The molecule has 4 nitrogen and oxygen atoms in total. The molecule has 1 N–H and O–H groups in total. The molecule has 0 heterocycles. The van der Waals surface area contributed by atoms with Crippen LogP contribution in [0.1, 0.15) is 32.1 Å². The zero-order valence-corrected chi connectivity index (χ0v) is 14.5. The lowest BCUT2D eigenvalue weighted by atomic mass is 9.94. The van der Waals surface area contributed by atoms with Gasteiger partial charge in [0.25, 0.3) is 5.91 Å². The molecule has 0 atom stereocenters. The molecule has 1 amide bonds. The van der Waals surface area contributed by atoms with Crippen molar-refractivity contribution < 1.29 is 4.79 Å². The first kappa shape index (κ1) is 17.7. The summed E-state index contributed by atoms with van der Waals surface area (Å²) in [6.07, 6.45) is 6.88. The van der Waals surface area contributed by atoms with Crippen molar-refractivity contribution in [3.05, 3.63) is 40.0 Å². The molecule has 0 radical (unpaired) electrons. The standard InChI is InChI=1S/C17H19Cl2N3O/c1-22(14-5-3-2-4-6-14)17(23)12(10-20)11-21-16-8-7-13(18)9-15(16)19/h7-9,11,14,21H,2-6H2,1H3/b12-11-. The summed E-state index contributed by atoms with van der Waals surface area (Å²) in [7, 11) is 1.76.